The fraction of sp³-hybridized carbons (Fsp3) is 0.692. The van der Waals surface area contributed by atoms with Gasteiger partial charge in [0.05, 0.1) is 31.7 Å². The first-order valence-corrected chi connectivity index (χ1v) is 12.6. The van der Waals surface area contributed by atoms with Gasteiger partial charge in [-0.05, 0) is 55.6 Å². The molecule has 1 aromatic rings. The van der Waals surface area contributed by atoms with Crippen LogP contribution in [0.5, 0.6) is 0 Å². The second-order valence-corrected chi connectivity index (χ2v) is 10.8. The molecule has 1 saturated carbocycles. The largest absolute Gasteiger partial charge is 0.472 e. The molecule has 198 valence electrons. The van der Waals surface area contributed by atoms with Crippen LogP contribution in [0.25, 0.3) is 0 Å². The number of aliphatic hydroxyl groups is 4. The highest BCUT2D eigenvalue weighted by atomic mass is 16.7. The van der Waals surface area contributed by atoms with Gasteiger partial charge >= 0.3 is 5.97 Å². The summed E-state index contributed by atoms with van der Waals surface area (Å²) in [6.45, 7) is 1.58. The van der Waals surface area contributed by atoms with Crippen molar-refractivity contribution in [1.82, 2.24) is 0 Å². The van der Waals surface area contributed by atoms with E-state index in [0.29, 0.717) is 32.1 Å². The van der Waals surface area contributed by atoms with Crippen LogP contribution in [0.15, 0.2) is 35.2 Å². The van der Waals surface area contributed by atoms with Gasteiger partial charge in [0.1, 0.15) is 30.5 Å². The van der Waals surface area contributed by atoms with Crippen LogP contribution in [-0.2, 0) is 23.8 Å². The summed E-state index contributed by atoms with van der Waals surface area (Å²) in [5.41, 5.74) is -0.450. The summed E-state index contributed by atoms with van der Waals surface area (Å²) in [7, 11) is 0. The quantitative estimate of drug-likeness (QED) is 0.411. The summed E-state index contributed by atoms with van der Waals surface area (Å²) >= 11 is 0. The number of hydrogen-bond acceptors (Lipinski definition) is 10. The first kappa shape index (κ1) is 25.6. The van der Waals surface area contributed by atoms with Crippen LogP contribution in [0.1, 0.15) is 50.7 Å². The van der Waals surface area contributed by atoms with Gasteiger partial charge in [0, 0.05) is 11.0 Å². The average Bonchev–Trinajstić information content (AvgIpc) is 3.40. The Kier molecular flexibility index (Phi) is 6.86. The zero-order chi connectivity index (χ0) is 25.7. The number of carbonyl (C=O) groups is 2. The highest BCUT2D eigenvalue weighted by Crippen LogP contribution is 2.63. The Morgan fingerprint density at radius 3 is 2.69 bits per heavy atom. The molecule has 10 heteroatoms. The smallest absolute Gasteiger partial charge is 0.310 e. The van der Waals surface area contributed by atoms with E-state index in [-0.39, 0.29) is 30.2 Å². The fourth-order valence-corrected chi connectivity index (χ4v) is 7.01. The highest BCUT2D eigenvalue weighted by Gasteiger charge is 2.62. The van der Waals surface area contributed by atoms with E-state index in [9.17, 15) is 30.0 Å². The minimum atomic E-state index is -1.53. The number of cyclic esters (lactones) is 1. The lowest BCUT2D eigenvalue weighted by Crippen LogP contribution is -2.60. The Morgan fingerprint density at radius 2 is 1.97 bits per heavy atom. The molecule has 2 aliphatic carbocycles. The Bertz CT molecular complexity index is 989. The molecule has 3 fully saturated rings. The number of ketones is 1. The number of esters is 1. The van der Waals surface area contributed by atoms with Crippen molar-refractivity contribution in [2.45, 2.75) is 75.8 Å². The maximum atomic E-state index is 13.4. The molecule has 4 aliphatic rings. The first-order chi connectivity index (χ1) is 17.2. The number of ether oxygens (including phenoxy) is 3. The van der Waals surface area contributed by atoms with Crippen LogP contribution in [-0.4, -0.2) is 76.1 Å². The van der Waals surface area contributed by atoms with Crippen LogP contribution in [0.4, 0.5) is 0 Å². The van der Waals surface area contributed by atoms with E-state index in [1.165, 1.54) is 0 Å². The van der Waals surface area contributed by atoms with E-state index in [1.807, 2.05) is 6.08 Å². The zero-order valence-corrected chi connectivity index (χ0v) is 20.2. The molecule has 0 radical (unpaired) electrons. The summed E-state index contributed by atoms with van der Waals surface area (Å²) in [5, 5.41) is 39.8. The zero-order valence-electron chi connectivity index (χ0n) is 20.2. The summed E-state index contributed by atoms with van der Waals surface area (Å²) in [6, 6.07) is 1.79. The van der Waals surface area contributed by atoms with Crippen molar-refractivity contribution in [3.63, 3.8) is 0 Å². The highest BCUT2D eigenvalue weighted by molar-refractivity contribution is 5.96. The Morgan fingerprint density at radius 1 is 1.17 bits per heavy atom. The molecule has 2 saturated heterocycles. The molecule has 4 N–H and O–H groups in total. The lowest BCUT2D eigenvalue weighted by Gasteiger charge is -2.59. The number of hydrogen-bond donors (Lipinski definition) is 4. The van der Waals surface area contributed by atoms with Crippen LogP contribution in [0, 0.1) is 22.7 Å². The molecule has 5 rings (SSSR count). The number of fused-ring (bicyclic) bond motifs is 3. The molecular formula is C26H34O10. The molecule has 3 heterocycles. The number of carbonyl (C=O) groups excluding carboxylic acids is 2. The summed E-state index contributed by atoms with van der Waals surface area (Å²) in [4.78, 5) is 26.5. The van der Waals surface area contributed by atoms with E-state index in [4.69, 9.17) is 18.6 Å². The molecule has 10 nitrogen and oxygen atoms in total. The van der Waals surface area contributed by atoms with E-state index in [2.05, 4.69) is 6.92 Å². The van der Waals surface area contributed by atoms with Gasteiger partial charge in [-0.2, -0.15) is 0 Å². The summed E-state index contributed by atoms with van der Waals surface area (Å²) in [6.07, 6.45) is 1.92. The molecule has 0 aromatic carbocycles. The number of rotatable bonds is 6. The van der Waals surface area contributed by atoms with E-state index in [0.717, 1.165) is 5.56 Å². The predicted molar refractivity (Wildman–Crippen MR) is 122 cm³/mol. The molecule has 0 amide bonds. The SMILES string of the molecule is C[C@@]12C[C@H](c3ccoc3)OC(=O)[C@@H]1CC[C@@]1(CCO[C@@H]3O[C@H](CO)[C@@H](O)[C@H](O)[C@H]3O)C(=O)C=CC[C@H]12. The van der Waals surface area contributed by atoms with Crippen LogP contribution >= 0.6 is 0 Å². The van der Waals surface area contributed by atoms with Gasteiger partial charge in [0.2, 0.25) is 0 Å². The molecule has 2 aliphatic heterocycles. The summed E-state index contributed by atoms with van der Waals surface area (Å²) in [5.74, 6) is -0.691. The van der Waals surface area contributed by atoms with Crippen molar-refractivity contribution in [3.05, 3.63) is 36.3 Å². The van der Waals surface area contributed by atoms with Crippen molar-refractivity contribution in [2.75, 3.05) is 13.2 Å². The normalized spacial score (nSPS) is 44.6. The van der Waals surface area contributed by atoms with Crippen LogP contribution in [0.3, 0.4) is 0 Å². The molecule has 36 heavy (non-hydrogen) atoms. The van der Waals surface area contributed by atoms with Crippen LogP contribution in [0.2, 0.25) is 0 Å². The van der Waals surface area contributed by atoms with E-state index < -0.39 is 54.2 Å². The maximum Gasteiger partial charge on any atom is 0.310 e. The Balaban J connectivity index is 1.36. The predicted octanol–water partition coefficient (Wildman–Crippen LogP) is 1.02. The molecular weight excluding hydrogens is 472 g/mol. The summed E-state index contributed by atoms with van der Waals surface area (Å²) < 4.78 is 22.2. The maximum absolute atomic E-state index is 13.4. The molecule has 0 spiro atoms. The third kappa shape index (κ3) is 4.04. The standard InChI is InChI=1S/C26H34O10/c1-25-11-16(14-6-9-33-13-14)35-23(32)15(25)5-7-26(18(25)3-2-4-19(26)28)8-10-34-24-22(31)21(30)20(29)17(12-27)36-24/h2,4,6,9,13,15-18,20-22,24,27,29-31H,3,5,7-8,10-12H2,1H3/t15-,16+,17+,18-,20+,21-,22+,24+,25+,26-/m0/s1. The third-order valence-corrected chi connectivity index (χ3v) is 9.03. The second-order valence-electron chi connectivity index (χ2n) is 10.8. The molecule has 0 bridgehead atoms. The van der Waals surface area contributed by atoms with Gasteiger partial charge < -0.3 is 39.1 Å². The van der Waals surface area contributed by atoms with Gasteiger partial charge in [0.15, 0.2) is 12.1 Å². The van der Waals surface area contributed by atoms with E-state index in [1.54, 1.807) is 24.7 Å². The Hall–Kier alpha value is -2.08. The first-order valence-electron chi connectivity index (χ1n) is 12.6. The van der Waals surface area contributed by atoms with Crippen LogP contribution < -0.4 is 0 Å². The third-order valence-electron chi connectivity index (χ3n) is 9.03. The minimum Gasteiger partial charge on any atom is -0.472 e. The van der Waals surface area contributed by atoms with Gasteiger partial charge in [-0.3, -0.25) is 9.59 Å². The molecule has 0 unspecified atom stereocenters. The number of furan rings is 1. The average molecular weight is 507 g/mol. The van der Waals surface area contributed by atoms with E-state index >= 15 is 0 Å². The van der Waals surface area contributed by atoms with Crippen molar-refractivity contribution >= 4 is 11.8 Å². The van der Waals surface area contributed by atoms with Gasteiger partial charge in [-0.15, -0.1) is 0 Å². The van der Waals surface area contributed by atoms with Gasteiger partial charge in [-0.25, -0.2) is 0 Å². The monoisotopic (exact) mass is 506 g/mol. The minimum absolute atomic E-state index is 0.00497. The van der Waals surface area contributed by atoms with Crippen molar-refractivity contribution in [2.24, 2.45) is 22.7 Å². The second kappa shape index (κ2) is 9.66. The fourth-order valence-electron chi connectivity index (χ4n) is 7.01. The Labute approximate surface area is 208 Å². The van der Waals surface area contributed by atoms with Gasteiger partial charge in [0.25, 0.3) is 0 Å². The van der Waals surface area contributed by atoms with Crippen molar-refractivity contribution in [3.8, 4) is 0 Å². The van der Waals surface area contributed by atoms with Crippen molar-refractivity contribution < 1.29 is 48.6 Å². The number of aliphatic hydroxyl groups excluding tert-OH is 4. The topological polar surface area (TPSA) is 156 Å². The lowest BCUT2D eigenvalue weighted by atomic mass is 9.45. The lowest BCUT2D eigenvalue weighted by molar-refractivity contribution is -0.302. The molecule has 10 atom stereocenters. The van der Waals surface area contributed by atoms with Gasteiger partial charge in [-0.1, -0.05) is 13.0 Å². The molecule has 1 aromatic heterocycles. The number of allylic oxidation sites excluding steroid dienone is 2. The van der Waals surface area contributed by atoms with Crippen molar-refractivity contribution in [1.29, 1.82) is 0 Å².